The molecule has 3 heteroatoms. The minimum atomic E-state index is -0.133. The fraction of sp³-hybridized carbons (Fsp3) is 0.333. The van der Waals surface area contributed by atoms with E-state index in [1.165, 1.54) is 0 Å². The van der Waals surface area contributed by atoms with Gasteiger partial charge in [0.05, 0.1) is 17.7 Å². The molecule has 0 saturated heterocycles. The zero-order chi connectivity index (χ0) is 8.97. The van der Waals surface area contributed by atoms with Crippen LogP contribution in [0.2, 0.25) is 0 Å². The van der Waals surface area contributed by atoms with Crippen molar-refractivity contribution in [2.75, 3.05) is 5.33 Å². The second kappa shape index (κ2) is 4.22. The Morgan fingerprint density at radius 3 is 3.00 bits per heavy atom. The summed E-state index contributed by atoms with van der Waals surface area (Å²) in [5, 5.41) is 9.42. The number of aromatic nitrogens is 1. The van der Waals surface area contributed by atoms with Crippen molar-refractivity contribution in [3.05, 3.63) is 29.6 Å². The summed E-state index contributed by atoms with van der Waals surface area (Å²) >= 11 is 3.28. The van der Waals surface area contributed by atoms with Crippen molar-refractivity contribution >= 4 is 15.9 Å². The van der Waals surface area contributed by atoms with Gasteiger partial charge in [0, 0.05) is 11.5 Å². The summed E-state index contributed by atoms with van der Waals surface area (Å²) in [6.07, 6.45) is 1.72. The molecule has 0 bridgehead atoms. The first-order chi connectivity index (χ1) is 5.79. The van der Waals surface area contributed by atoms with Gasteiger partial charge >= 0.3 is 0 Å². The minimum absolute atomic E-state index is 0.133. The first kappa shape index (κ1) is 9.21. The van der Waals surface area contributed by atoms with Gasteiger partial charge in [-0.3, -0.25) is 4.98 Å². The maximum atomic E-state index is 8.78. The van der Waals surface area contributed by atoms with Crippen molar-refractivity contribution < 1.29 is 0 Å². The fourth-order valence-corrected chi connectivity index (χ4v) is 1.48. The Balaban J connectivity index is 3.02. The first-order valence-electron chi connectivity index (χ1n) is 3.66. The molecule has 0 aliphatic carbocycles. The topological polar surface area (TPSA) is 36.7 Å². The Hall–Kier alpha value is -0.880. The molecule has 62 valence electrons. The molecule has 0 spiro atoms. The van der Waals surface area contributed by atoms with Crippen molar-refractivity contribution in [2.24, 2.45) is 0 Å². The van der Waals surface area contributed by atoms with Crippen LogP contribution in [-0.4, -0.2) is 10.3 Å². The smallest absolute Gasteiger partial charge is 0.0983 e. The van der Waals surface area contributed by atoms with E-state index < -0.39 is 0 Å². The van der Waals surface area contributed by atoms with Gasteiger partial charge in [-0.25, -0.2) is 0 Å². The van der Waals surface area contributed by atoms with Gasteiger partial charge in [0.15, 0.2) is 0 Å². The number of aryl methyl sites for hydroxylation is 1. The van der Waals surface area contributed by atoms with Crippen LogP contribution in [0.15, 0.2) is 18.3 Å². The molecule has 1 atom stereocenters. The van der Waals surface area contributed by atoms with E-state index in [2.05, 4.69) is 27.0 Å². The monoisotopic (exact) mass is 224 g/mol. The molecule has 0 aliphatic rings. The molecular weight excluding hydrogens is 216 g/mol. The van der Waals surface area contributed by atoms with E-state index in [1.807, 2.05) is 19.1 Å². The van der Waals surface area contributed by atoms with Crippen molar-refractivity contribution in [3.63, 3.8) is 0 Å². The average Bonchev–Trinajstić information content (AvgIpc) is 2.10. The van der Waals surface area contributed by atoms with E-state index in [-0.39, 0.29) is 5.92 Å². The van der Waals surface area contributed by atoms with Crippen LogP contribution in [0, 0.1) is 18.3 Å². The second-order valence-corrected chi connectivity index (χ2v) is 3.19. The van der Waals surface area contributed by atoms with Crippen LogP contribution in [0.25, 0.3) is 0 Å². The van der Waals surface area contributed by atoms with Crippen molar-refractivity contribution in [1.29, 1.82) is 5.26 Å². The summed E-state index contributed by atoms with van der Waals surface area (Å²) in [4.78, 5) is 4.17. The van der Waals surface area contributed by atoms with E-state index in [0.29, 0.717) is 5.33 Å². The van der Waals surface area contributed by atoms with Gasteiger partial charge in [0.2, 0.25) is 0 Å². The molecule has 1 aromatic heterocycles. The number of halogens is 1. The van der Waals surface area contributed by atoms with Gasteiger partial charge in [0.25, 0.3) is 0 Å². The molecule has 0 radical (unpaired) electrons. The molecule has 2 nitrogen and oxygen atoms in total. The predicted molar refractivity (Wildman–Crippen MR) is 51.1 cm³/mol. The number of rotatable bonds is 2. The van der Waals surface area contributed by atoms with Gasteiger partial charge in [-0.15, -0.1) is 0 Å². The number of pyridine rings is 1. The largest absolute Gasteiger partial charge is 0.260 e. The van der Waals surface area contributed by atoms with Crippen LogP contribution in [0.1, 0.15) is 17.2 Å². The van der Waals surface area contributed by atoms with E-state index in [0.717, 1.165) is 11.3 Å². The van der Waals surface area contributed by atoms with Gasteiger partial charge < -0.3 is 0 Å². The molecule has 0 fully saturated rings. The lowest BCUT2D eigenvalue weighted by molar-refractivity contribution is 0.920. The molecule has 1 unspecified atom stereocenters. The lowest BCUT2D eigenvalue weighted by Crippen LogP contribution is -2.02. The summed E-state index contributed by atoms with van der Waals surface area (Å²) in [6, 6.07) is 6.04. The lowest BCUT2D eigenvalue weighted by atomic mass is 10.0. The third kappa shape index (κ3) is 1.83. The zero-order valence-corrected chi connectivity index (χ0v) is 8.37. The zero-order valence-electron chi connectivity index (χ0n) is 6.79. The van der Waals surface area contributed by atoms with Crippen LogP contribution in [0.4, 0.5) is 0 Å². The van der Waals surface area contributed by atoms with Gasteiger partial charge in [-0.1, -0.05) is 22.0 Å². The number of hydrogen-bond acceptors (Lipinski definition) is 2. The van der Waals surface area contributed by atoms with Crippen LogP contribution in [0.3, 0.4) is 0 Å². The minimum Gasteiger partial charge on any atom is -0.260 e. The SMILES string of the molecule is Cc1cccnc1C(C#N)CBr. The Morgan fingerprint density at radius 1 is 1.75 bits per heavy atom. The van der Waals surface area contributed by atoms with Crippen LogP contribution < -0.4 is 0 Å². The number of alkyl halides is 1. The van der Waals surface area contributed by atoms with Crippen molar-refractivity contribution in [3.8, 4) is 6.07 Å². The quantitative estimate of drug-likeness (QED) is 0.724. The second-order valence-electron chi connectivity index (χ2n) is 2.54. The molecule has 0 amide bonds. The molecule has 1 heterocycles. The van der Waals surface area contributed by atoms with Crippen molar-refractivity contribution in [2.45, 2.75) is 12.8 Å². The highest BCUT2D eigenvalue weighted by Crippen LogP contribution is 2.17. The Morgan fingerprint density at radius 2 is 2.50 bits per heavy atom. The molecule has 12 heavy (non-hydrogen) atoms. The van der Waals surface area contributed by atoms with E-state index in [9.17, 15) is 0 Å². The molecule has 0 aromatic carbocycles. The number of nitriles is 1. The lowest BCUT2D eigenvalue weighted by Gasteiger charge is -2.06. The van der Waals surface area contributed by atoms with Crippen LogP contribution in [0.5, 0.6) is 0 Å². The Bertz CT molecular complexity index is 304. The van der Waals surface area contributed by atoms with E-state index in [4.69, 9.17) is 5.26 Å². The highest BCUT2D eigenvalue weighted by molar-refractivity contribution is 9.09. The van der Waals surface area contributed by atoms with Gasteiger partial charge in [-0.05, 0) is 18.6 Å². The Labute approximate surface area is 80.4 Å². The van der Waals surface area contributed by atoms with Crippen LogP contribution in [-0.2, 0) is 0 Å². The highest BCUT2D eigenvalue weighted by atomic mass is 79.9. The predicted octanol–water partition coefficient (Wildman–Crippen LogP) is 2.39. The molecule has 0 aliphatic heterocycles. The average molecular weight is 225 g/mol. The summed E-state index contributed by atoms with van der Waals surface area (Å²) < 4.78 is 0. The van der Waals surface area contributed by atoms with Crippen molar-refractivity contribution in [1.82, 2.24) is 4.98 Å². The third-order valence-corrected chi connectivity index (χ3v) is 2.34. The maximum absolute atomic E-state index is 8.78. The summed E-state index contributed by atoms with van der Waals surface area (Å²) in [6.45, 7) is 1.97. The highest BCUT2D eigenvalue weighted by Gasteiger charge is 2.11. The normalized spacial score (nSPS) is 12.1. The van der Waals surface area contributed by atoms with Gasteiger partial charge in [-0.2, -0.15) is 5.26 Å². The molecule has 0 saturated carbocycles. The van der Waals surface area contributed by atoms with E-state index >= 15 is 0 Å². The standard InChI is InChI=1S/C9H9BrN2/c1-7-3-2-4-12-9(7)8(5-10)6-11/h2-4,8H,5H2,1H3. The fourth-order valence-electron chi connectivity index (χ4n) is 1.03. The molecule has 0 N–H and O–H groups in total. The number of hydrogen-bond donors (Lipinski definition) is 0. The molecule has 1 aromatic rings. The molecular formula is C9H9BrN2. The maximum Gasteiger partial charge on any atom is 0.0983 e. The third-order valence-electron chi connectivity index (χ3n) is 1.69. The van der Waals surface area contributed by atoms with Crippen LogP contribution >= 0.6 is 15.9 Å². The summed E-state index contributed by atoms with van der Waals surface area (Å²) in [7, 11) is 0. The van der Waals surface area contributed by atoms with E-state index in [1.54, 1.807) is 6.20 Å². The van der Waals surface area contributed by atoms with Gasteiger partial charge in [0.1, 0.15) is 0 Å². The summed E-state index contributed by atoms with van der Waals surface area (Å²) in [5.41, 5.74) is 1.94. The summed E-state index contributed by atoms with van der Waals surface area (Å²) in [5.74, 6) is -0.133. The Kier molecular flexibility index (Phi) is 3.24. The first-order valence-corrected chi connectivity index (χ1v) is 4.79. The molecule has 1 rings (SSSR count). The number of nitrogens with zero attached hydrogens (tertiary/aromatic N) is 2.